The first kappa shape index (κ1) is 9.40. The minimum atomic E-state index is 0.186. The molecule has 0 amide bonds. The van der Waals surface area contributed by atoms with E-state index < -0.39 is 0 Å². The number of rotatable bonds is 0. The summed E-state index contributed by atoms with van der Waals surface area (Å²) in [6, 6.07) is 0. The summed E-state index contributed by atoms with van der Waals surface area (Å²) < 4.78 is 0. The Kier molecular flexibility index (Phi) is 2.09. The number of aromatic amines is 1. The van der Waals surface area contributed by atoms with E-state index in [-0.39, 0.29) is 5.54 Å². The number of aromatic nitrogens is 2. The molecule has 1 aromatic rings. The van der Waals surface area contributed by atoms with Crippen LogP contribution in [-0.4, -0.2) is 16.5 Å². The SMILES string of the molecule is C[C@H]1CCCC[C@]12NCCc1[nH]cnc12. The maximum absolute atomic E-state index is 4.57. The summed E-state index contributed by atoms with van der Waals surface area (Å²) in [5.74, 6) is 0.716. The van der Waals surface area contributed by atoms with Crippen molar-refractivity contribution < 1.29 is 0 Å². The maximum Gasteiger partial charge on any atom is 0.0926 e. The molecule has 1 aromatic heterocycles. The van der Waals surface area contributed by atoms with E-state index in [0.717, 1.165) is 13.0 Å². The first-order valence-electron chi connectivity index (χ1n) is 6.11. The van der Waals surface area contributed by atoms with Gasteiger partial charge in [-0.15, -0.1) is 0 Å². The molecule has 0 radical (unpaired) electrons. The first-order valence-corrected chi connectivity index (χ1v) is 6.11. The van der Waals surface area contributed by atoms with Gasteiger partial charge in [0.2, 0.25) is 0 Å². The normalized spacial score (nSPS) is 35.4. The van der Waals surface area contributed by atoms with Crippen LogP contribution in [-0.2, 0) is 12.0 Å². The van der Waals surface area contributed by atoms with Gasteiger partial charge in [-0.25, -0.2) is 4.98 Å². The Hall–Kier alpha value is -0.830. The Balaban J connectivity index is 2.05. The molecule has 0 unspecified atom stereocenters. The van der Waals surface area contributed by atoms with E-state index in [1.165, 1.54) is 37.1 Å². The molecule has 1 spiro atoms. The van der Waals surface area contributed by atoms with Crippen LogP contribution < -0.4 is 5.32 Å². The number of hydrogen-bond acceptors (Lipinski definition) is 2. The zero-order valence-electron chi connectivity index (χ0n) is 9.34. The van der Waals surface area contributed by atoms with Gasteiger partial charge in [-0.2, -0.15) is 0 Å². The molecule has 15 heavy (non-hydrogen) atoms. The van der Waals surface area contributed by atoms with Gasteiger partial charge < -0.3 is 10.3 Å². The third-order valence-corrected chi connectivity index (χ3v) is 4.26. The van der Waals surface area contributed by atoms with Crippen molar-refractivity contribution in [2.24, 2.45) is 5.92 Å². The first-order chi connectivity index (χ1) is 7.33. The third kappa shape index (κ3) is 1.26. The molecule has 1 aliphatic heterocycles. The van der Waals surface area contributed by atoms with Crippen molar-refractivity contribution in [2.75, 3.05) is 6.54 Å². The second-order valence-corrected chi connectivity index (χ2v) is 5.02. The Morgan fingerprint density at radius 3 is 3.27 bits per heavy atom. The van der Waals surface area contributed by atoms with E-state index in [0.29, 0.717) is 5.92 Å². The van der Waals surface area contributed by atoms with Gasteiger partial charge in [0, 0.05) is 18.7 Å². The molecular weight excluding hydrogens is 186 g/mol. The number of H-pyrrole nitrogens is 1. The highest BCUT2D eigenvalue weighted by Gasteiger charge is 2.44. The lowest BCUT2D eigenvalue weighted by Gasteiger charge is -2.45. The topological polar surface area (TPSA) is 40.7 Å². The van der Waals surface area contributed by atoms with Crippen LogP contribution in [0.1, 0.15) is 44.0 Å². The fourth-order valence-electron chi connectivity index (χ4n) is 3.35. The zero-order chi connectivity index (χ0) is 10.3. The molecule has 2 atom stereocenters. The fraction of sp³-hybridized carbons (Fsp3) is 0.750. The lowest BCUT2D eigenvalue weighted by atomic mass is 9.70. The molecule has 0 bridgehead atoms. The van der Waals surface area contributed by atoms with Crippen molar-refractivity contribution in [3.05, 3.63) is 17.7 Å². The highest BCUT2D eigenvalue weighted by Crippen LogP contribution is 2.43. The minimum absolute atomic E-state index is 0.186. The lowest BCUT2D eigenvalue weighted by molar-refractivity contribution is 0.141. The summed E-state index contributed by atoms with van der Waals surface area (Å²) in [5, 5.41) is 3.74. The quantitative estimate of drug-likeness (QED) is 0.679. The van der Waals surface area contributed by atoms with E-state index in [1.807, 2.05) is 6.33 Å². The molecule has 1 fully saturated rings. The molecule has 82 valence electrons. The second kappa shape index (κ2) is 3.34. The Labute approximate surface area is 90.7 Å². The van der Waals surface area contributed by atoms with Crippen LogP contribution in [0, 0.1) is 5.92 Å². The van der Waals surface area contributed by atoms with Crippen LogP contribution in [0.2, 0.25) is 0 Å². The van der Waals surface area contributed by atoms with Crippen LogP contribution in [0.3, 0.4) is 0 Å². The average Bonchev–Trinajstić information content (AvgIpc) is 2.72. The summed E-state index contributed by atoms with van der Waals surface area (Å²) >= 11 is 0. The van der Waals surface area contributed by atoms with E-state index in [2.05, 4.69) is 22.2 Å². The van der Waals surface area contributed by atoms with E-state index in [9.17, 15) is 0 Å². The summed E-state index contributed by atoms with van der Waals surface area (Å²) in [7, 11) is 0. The minimum Gasteiger partial charge on any atom is -0.348 e. The standard InChI is InChI=1S/C12H19N3/c1-9-4-2-3-6-12(9)11-10(5-7-15-12)13-8-14-11/h8-9,15H,2-7H2,1H3,(H,13,14)/t9-,12-/m0/s1. The number of nitrogens with one attached hydrogen (secondary N) is 2. The molecule has 2 heterocycles. The molecule has 3 rings (SSSR count). The molecule has 1 saturated carbocycles. The zero-order valence-corrected chi connectivity index (χ0v) is 9.34. The van der Waals surface area contributed by atoms with Crippen LogP contribution in [0.4, 0.5) is 0 Å². The number of hydrogen-bond donors (Lipinski definition) is 2. The predicted molar refractivity (Wildman–Crippen MR) is 59.6 cm³/mol. The Morgan fingerprint density at radius 2 is 2.40 bits per heavy atom. The van der Waals surface area contributed by atoms with Gasteiger partial charge in [-0.1, -0.05) is 19.8 Å². The fourth-order valence-corrected chi connectivity index (χ4v) is 3.35. The second-order valence-electron chi connectivity index (χ2n) is 5.02. The van der Waals surface area contributed by atoms with Crippen LogP contribution in [0.5, 0.6) is 0 Å². The van der Waals surface area contributed by atoms with Crippen LogP contribution >= 0.6 is 0 Å². The summed E-state index contributed by atoms with van der Waals surface area (Å²) in [4.78, 5) is 7.86. The summed E-state index contributed by atoms with van der Waals surface area (Å²) in [5.41, 5.74) is 2.86. The number of fused-ring (bicyclic) bond motifs is 2. The van der Waals surface area contributed by atoms with Gasteiger partial charge >= 0.3 is 0 Å². The molecule has 0 saturated heterocycles. The highest BCUT2D eigenvalue weighted by molar-refractivity contribution is 5.26. The molecule has 2 N–H and O–H groups in total. The molecule has 3 heteroatoms. The van der Waals surface area contributed by atoms with E-state index in [4.69, 9.17) is 0 Å². The molecular formula is C12H19N3. The van der Waals surface area contributed by atoms with E-state index in [1.54, 1.807) is 0 Å². The van der Waals surface area contributed by atoms with Crippen LogP contribution in [0.25, 0.3) is 0 Å². The van der Waals surface area contributed by atoms with Crippen molar-refractivity contribution in [1.29, 1.82) is 0 Å². The van der Waals surface area contributed by atoms with Gasteiger partial charge in [0.05, 0.1) is 17.6 Å². The maximum atomic E-state index is 4.57. The van der Waals surface area contributed by atoms with Gasteiger partial charge in [0.15, 0.2) is 0 Å². The van der Waals surface area contributed by atoms with Crippen molar-refractivity contribution >= 4 is 0 Å². The molecule has 0 aromatic carbocycles. The Morgan fingerprint density at radius 1 is 1.47 bits per heavy atom. The van der Waals surface area contributed by atoms with Crippen molar-refractivity contribution in [1.82, 2.24) is 15.3 Å². The lowest BCUT2D eigenvalue weighted by Crippen LogP contribution is -2.53. The van der Waals surface area contributed by atoms with Gasteiger partial charge in [-0.05, 0) is 18.8 Å². The van der Waals surface area contributed by atoms with Crippen molar-refractivity contribution in [3.63, 3.8) is 0 Å². The average molecular weight is 205 g/mol. The molecule has 2 aliphatic rings. The van der Waals surface area contributed by atoms with Gasteiger partial charge in [-0.3, -0.25) is 0 Å². The van der Waals surface area contributed by atoms with Crippen molar-refractivity contribution in [3.8, 4) is 0 Å². The molecule has 1 aliphatic carbocycles. The van der Waals surface area contributed by atoms with Crippen molar-refractivity contribution in [2.45, 2.75) is 44.6 Å². The summed E-state index contributed by atoms with van der Waals surface area (Å²) in [6.45, 7) is 3.47. The summed E-state index contributed by atoms with van der Waals surface area (Å²) in [6.07, 6.45) is 8.27. The largest absolute Gasteiger partial charge is 0.348 e. The smallest absolute Gasteiger partial charge is 0.0926 e. The third-order valence-electron chi connectivity index (χ3n) is 4.26. The number of imidazole rings is 1. The predicted octanol–water partition coefficient (Wildman–Crippen LogP) is 1.96. The monoisotopic (exact) mass is 205 g/mol. The highest BCUT2D eigenvalue weighted by atomic mass is 15.1. The molecule has 3 nitrogen and oxygen atoms in total. The van der Waals surface area contributed by atoms with E-state index >= 15 is 0 Å². The number of nitrogens with zero attached hydrogens (tertiary/aromatic N) is 1. The van der Waals surface area contributed by atoms with Gasteiger partial charge in [0.25, 0.3) is 0 Å². The van der Waals surface area contributed by atoms with Gasteiger partial charge in [0.1, 0.15) is 0 Å². The Bertz CT molecular complexity index is 358. The van der Waals surface area contributed by atoms with Crippen LogP contribution in [0.15, 0.2) is 6.33 Å².